The van der Waals surface area contributed by atoms with Crippen molar-refractivity contribution >= 4 is 17.7 Å². The molecule has 1 N–H and O–H groups in total. The summed E-state index contributed by atoms with van der Waals surface area (Å²) in [6, 6.07) is 1.35. The number of halogens is 2. The zero-order valence-corrected chi connectivity index (χ0v) is 12.7. The van der Waals surface area contributed by atoms with E-state index >= 15 is 0 Å². The van der Waals surface area contributed by atoms with E-state index in [0.717, 1.165) is 19.2 Å². The Morgan fingerprint density at radius 1 is 1.22 bits per heavy atom. The van der Waals surface area contributed by atoms with Crippen molar-refractivity contribution in [2.75, 3.05) is 32.6 Å². The summed E-state index contributed by atoms with van der Waals surface area (Å²) in [5.74, 6) is -2.87. The van der Waals surface area contributed by atoms with Crippen LogP contribution in [0.1, 0.15) is 6.42 Å². The van der Waals surface area contributed by atoms with Gasteiger partial charge in [-0.1, -0.05) is 6.08 Å². The van der Waals surface area contributed by atoms with Crippen molar-refractivity contribution < 1.29 is 27.8 Å². The topological polar surface area (TPSA) is 67.9 Å². The quantitative estimate of drug-likeness (QED) is 0.866. The zero-order valence-electron chi connectivity index (χ0n) is 12.7. The Labute approximate surface area is 131 Å². The van der Waals surface area contributed by atoms with E-state index in [4.69, 9.17) is 0 Å². The lowest BCUT2D eigenvalue weighted by atomic mass is 10.1. The maximum atomic E-state index is 13.6. The number of carbonyl (C=O) groups excluding carboxylic acids is 2. The van der Waals surface area contributed by atoms with Crippen LogP contribution >= 0.6 is 0 Å². The van der Waals surface area contributed by atoms with Gasteiger partial charge in [0.05, 0.1) is 26.3 Å². The molecule has 6 nitrogen and oxygen atoms in total. The Morgan fingerprint density at radius 3 is 2.43 bits per heavy atom. The van der Waals surface area contributed by atoms with E-state index in [1.54, 1.807) is 6.08 Å². The summed E-state index contributed by atoms with van der Waals surface area (Å²) >= 11 is 0. The molecule has 0 bridgehead atoms. The molecular weight excluding hydrogens is 310 g/mol. The van der Waals surface area contributed by atoms with Crippen molar-refractivity contribution in [2.24, 2.45) is 0 Å². The van der Waals surface area contributed by atoms with Gasteiger partial charge in [0.15, 0.2) is 17.4 Å². The second-order valence-electron chi connectivity index (χ2n) is 4.83. The number of hydrogen-bond acceptors (Lipinski definition) is 4. The van der Waals surface area contributed by atoms with Gasteiger partial charge in [-0.2, -0.15) is 0 Å². The predicted octanol–water partition coefficient (Wildman–Crippen LogP) is 2.31. The van der Waals surface area contributed by atoms with Crippen molar-refractivity contribution in [2.45, 2.75) is 6.42 Å². The van der Waals surface area contributed by atoms with Crippen molar-refractivity contribution in [1.29, 1.82) is 0 Å². The van der Waals surface area contributed by atoms with E-state index in [-0.39, 0.29) is 12.2 Å². The smallest absolute Gasteiger partial charge is 0.335 e. The molecule has 23 heavy (non-hydrogen) atoms. The summed E-state index contributed by atoms with van der Waals surface area (Å²) in [5.41, 5.74) is 0.320. The highest BCUT2D eigenvalue weighted by Crippen LogP contribution is 2.25. The van der Waals surface area contributed by atoms with Crippen LogP contribution in [0.4, 0.5) is 19.3 Å². The summed E-state index contributed by atoms with van der Waals surface area (Å²) in [4.78, 5) is 25.0. The van der Waals surface area contributed by atoms with Gasteiger partial charge in [-0.15, -0.1) is 0 Å². The van der Waals surface area contributed by atoms with Crippen LogP contribution in [0.3, 0.4) is 0 Å². The molecule has 0 unspecified atom stereocenters. The first kappa shape index (κ1) is 16.7. The van der Waals surface area contributed by atoms with Crippen LogP contribution in [0, 0.1) is 11.6 Å². The van der Waals surface area contributed by atoms with Crippen LogP contribution < -0.4 is 10.1 Å². The lowest BCUT2D eigenvalue weighted by molar-refractivity contribution is -0.136. The molecule has 1 aromatic carbocycles. The third kappa shape index (κ3) is 3.77. The van der Waals surface area contributed by atoms with Crippen molar-refractivity contribution in [3.8, 4) is 5.75 Å². The third-order valence-electron chi connectivity index (χ3n) is 3.34. The Hall–Kier alpha value is -2.64. The van der Waals surface area contributed by atoms with Gasteiger partial charge >= 0.3 is 12.0 Å². The molecule has 1 heterocycles. The largest absolute Gasteiger partial charge is 0.491 e. The number of methoxy groups -OCH3 is 2. The SMILES string of the molecule is COC(=O)C1=CCCN(C(=O)Nc2cc(F)c(OC)c(F)c2)C1. The number of anilines is 1. The lowest BCUT2D eigenvalue weighted by Crippen LogP contribution is -2.40. The summed E-state index contributed by atoms with van der Waals surface area (Å²) in [6.07, 6.45) is 2.19. The molecular formula is C15H16F2N2O4. The summed E-state index contributed by atoms with van der Waals surface area (Å²) in [5, 5.41) is 2.39. The first-order valence-electron chi connectivity index (χ1n) is 6.82. The van der Waals surface area contributed by atoms with Crippen LogP contribution in [0.2, 0.25) is 0 Å². The first-order valence-corrected chi connectivity index (χ1v) is 6.82. The van der Waals surface area contributed by atoms with E-state index in [1.807, 2.05) is 0 Å². The second kappa shape index (κ2) is 7.08. The van der Waals surface area contributed by atoms with E-state index in [1.165, 1.54) is 12.0 Å². The van der Waals surface area contributed by atoms with Gasteiger partial charge < -0.3 is 19.7 Å². The number of nitrogens with one attached hydrogen (secondary N) is 1. The van der Waals surface area contributed by atoms with Gasteiger partial charge in [-0.05, 0) is 6.42 Å². The average Bonchev–Trinajstić information content (AvgIpc) is 2.54. The maximum absolute atomic E-state index is 13.6. The van der Waals surface area contributed by atoms with Crippen LogP contribution in [-0.2, 0) is 9.53 Å². The van der Waals surface area contributed by atoms with Crippen molar-refractivity contribution in [3.05, 3.63) is 35.4 Å². The molecule has 8 heteroatoms. The Morgan fingerprint density at radius 2 is 1.87 bits per heavy atom. The molecule has 0 radical (unpaired) electrons. The van der Waals surface area contributed by atoms with Crippen LogP contribution in [0.5, 0.6) is 5.75 Å². The molecule has 0 fully saturated rings. The normalized spacial score (nSPS) is 14.1. The predicted molar refractivity (Wildman–Crippen MR) is 78.2 cm³/mol. The molecule has 0 saturated heterocycles. The highest BCUT2D eigenvalue weighted by molar-refractivity contribution is 5.93. The molecule has 1 aliphatic heterocycles. The fraction of sp³-hybridized carbons (Fsp3) is 0.333. The molecule has 0 saturated carbocycles. The third-order valence-corrected chi connectivity index (χ3v) is 3.34. The van der Waals surface area contributed by atoms with Gasteiger partial charge in [0.1, 0.15) is 0 Å². The summed E-state index contributed by atoms with van der Waals surface area (Å²) in [6.45, 7) is 0.451. The lowest BCUT2D eigenvalue weighted by Gasteiger charge is -2.26. The van der Waals surface area contributed by atoms with E-state index in [2.05, 4.69) is 14.8 Å². The van der Waals surface area contributed by atoms with Gasteiger partial charge in [-0.3, -0.25) is 0 Å². The highest BCUT2D eigenvalue weighted by atomic mass is 19.1. The number of hydrogen-bond donors (Lipinski definition) is 1. The number of ether oxygens (including phenoxy) is 2. The Bertz CT molecular complexity index is 638. The number of nitrogens with zero attached hydrogens (tertiary/aromatic N) is 1. The maximum Gasteiger partial charge on any atom is 0.335 e. The van der Waals surface area contributed by atoms with Crippen molar-refractivity contribution in [3.63, 3.8) is 0 Å². The molecule has 0 spiro atoms. The minimum absolute atomic E-state index is 0.0417. The minimum atomic E-state index is -0.920. The Balaban J connectivity index is 2.08. The molecule has 2 rings (SSSR count). The summed E-state index contributed by atoms with van der Waals surface area (Å²) < 4.78 is 36.4. The fourth-order valence-electron chi connectivity index (χ4n) is 2.23. The van der Waals surface area contributed by atoms with Crippen molar-refractivity contribution in [1.82, 2.24) is 4.90 Å². The van der Waals surface area contributed by atoms with Gasteiger partial charge in [0, 0.05) is 24.4 Å². The van der Waals surface area contributed by atoms with E-state index in [0.29, 0.717) is 18.5 Å². The Kier molecular flexibility index (Phi) is 5.15. The number of carbonyl (C=O) groups is 2. The molecule has 0 atom stereocenters. The number of esters is 1. The first-order chi connectivity index (χ1) is 11.0. The molecule has 1 aliphatic rings. The fourth-order valence-corrected chi connectivity index (χ4v) is 2.23. The minimum Gasteiger partial charge on any atom is -0.491 e. The van der Waals surface area contributed by atoms with Crippen LogP contribution in [0.15, 0.2) is 23.8 Å². The van der Waals surface area contributed by atoms with Gasteiger partial charge in [-0.25, -0.2) is 18.4 Å². The number of rotatable bonds is 3. The van der Waals surface area contributed by atoms with Crippen LogP contribution in [-0.4, -0.2) is 44.2 Å². The molecule has 2 amide bonds. The van der Waals surface area contributed by atoms with Gasteiger partial charge in [0.25, 0.3) is 0 Å². The second-order valence-corrected chi connectivity index (χ2v) is 4.83. The van der Waals surface area contributed by atoms with Gasteiger partial charge in [0.2, 0.25) is 0 Å². The van der Waals surface area contributed by atoms with E-state index < -0.39 is 29.4 Å². The number of urea groups is 1. The van der Waals surface area contributed by atoms with E-state index in [9.17, 15) is 18.4 Å². The molecule has 1 aromatic rings. The van der Waals surface area contributed by atoms with Crippen LogP contribution in [0.25, 0.3) is 0 Å². The standard InChI is InChI=1S/C15H16F2N2O4/c1-22-13-11(16)6-10(7-12(13)17)18-15(21)19-5-3-4-9(8-19)14(20)23-2/h4,6-7H,3,5,8H2,1-2H3,(H,18,21). The average molecular weight is 326 g/mol. The monoisotopic (exact) mass is 326 g/mol. The highest BCUT2D eigenvalue weighted by Gasteiger charge is 2.23. The molecule has 0 aromatic heterocycles. The molecule has 124 valence electrons. The summed E-state index contributed by atoms with van der Waals surface area (Å²) in [7, 11) is 2.40. The number of amides is 2. The molecule has 0 aliphatic carbocycles. The zero-order chi connectivity index (χ0) is 17.0. The number of benzene rings is 1.